The maximum absolute atomic E-state index is 13.5. The van der Waals surface area contributed by atoms with Gasteiger partial charge in [-0.05, 0) is 12.5 Å². The zero-order chi connectivity index (χ0) is 14.2. The molecule has 1 aliphatic rings. The number of pyridine rings is 1. The maximum atomic E-state index is 13.5. The molecule has 1 aliphatic carbocycles. The number of carbonyl (C=O) groups is 1. The Hall–Kier alpha value is -1.90. The largest absolute Gasteiger partial charge is 0.393 e. The molecule has 2 atom stereocenters. The lowest BCUT2D eigenvalue weighted by molar-refractivity contribution is -0.147. The summed E-state index contributed by atoms with van der Waals surface area (Å²) < 4.78 is 50.3. The smallest absolute Gasteiger partial charge is 0.364 e. The van der Waals surface area contributed by atoms with E-state index in [0.717, 1.165) is 12.3 Å². The van der Waals surface area contributed by atoms with Crippen LogP contribution in [0.1, 0.15) is 16.8 Å². The first-order valence-electron chi connectivity index (χ1n) is 5.26. The van der Waals surface area contributed by atoms with Crippen molar-refractivity contribution in [3.8, 4) is 0 Å². The molecule has 9 heteroatoms. The number of carbonyl (C=O) groups excluding carboxylic acids is 1. The third kappa shape index (κ3) is 2.92. The molecule has 0 aliphatic heterocycles. The van der Waals surface area contributed by atoms with E-state index in [1.54, 1.807) is 0 Å². The van der Waals surface area contributed by atoms with Crippen molar-refractivity contribution < 1.29 is 27.6 Å². The van der Waals surface area contributed by atoms with E-state index in [1.807, 2.05) is 0 Å². The average Bonchev–Trinajstić information content (AvgIpc) is 3.10. The molecule has 1 aromatic rings. The predicted octanol–water partition coefficient (Wildman–Crippen LogP) is 1.70. The molecule has 19 heavy (non-hydrogen) atoms. The number of hydrogen-bond donors (Lipinski definition) is 3. The fraction of sp³-hybridized carbons (Fsp3) is 0.400. The SMILES string of the molecule is O=C(NO)c1cnc(NC2CC2C(F)(F)F)c(F)c1. The highest BCUT2D eigenvalue weighted by molar-refractivity contribution is 5.93. The zero-order valence-electron chi connectivity index (χ0n) is 9.33. The molecular formula is C10H9F4N3O2. The van der Waals surface area contributed by atoms with E-state index in [0.29, 0.717) is 0 Å². The topological polar surface area (TPSA) is 74.2 Å². The second kappa shape index (κ2) is 4.65. The molecule has 3 N–H and O–H groups in total. The quantitative estimate of drug-likeness (QED) is 0.447. The van der Waals surface area contributed by atoms with Gasteiger partial charge in [0.2, 0.25) is 0 Å². The van der Waals surface area contributed by atoms with Crippen molar-refractivity contribution in [3.05, 3.63) is 23.6 Å². The van der Waals surface area contributed by atoms with Crippen LogP contribution in [-0.2, 0) is 0 Å². The van der Waals surface area contributed by atoms with Gasteiger partial charge in [-0.2, -0.15) is 13.2 Å². The summed E-state index contributed by atoms with van der Waals surface area (Å²) in [5.41, 5.74) is 1.05. The number of alkyl halides is 3. The molecule has 104 valence electrons. The number of halogens is 4. The van der Waals surface area contributed by atoms with Crippen LogP contribution in [-0.4, -0.2) is 28.3 Å². The summed E-state index contributed by atoms with van der Waals surface area (Å²) in [5, 5.41) is 10.7. The Balaban J connectivity index is 2.05. The molecule has 2 unspecified atom stereocenters. The van der Waals surface area contributed by atoms with Gasteiger partial charge in [-0.1, -0.05) is 0 Å². The minimum Gasteiger partial charge on any atom is -0.364 e. The molecule has 0 bridgehead atoms. The van der Waals surface area contributed by atoms with Crippen LogP contribution in [0.15, 0.2) is 12.3 Å². The molecule has 1 aromatic heterocycles. The van der Waals surface area contributed by atoms with Crippen molar-refractivity contribution in [1.29, 1.82) is 0 Å². The van der Waals surface area contributed by atoms with Gasteiger partial charge in [0.15, 0.2) is 11.6 Å². The van der Waals surface area contributed by atoms with E-state index in [1.165, 1.54) is 5.48 Å². The molecule has 0 radical (unpaired) electrons. The van der Waals surface area contributed by atoms with Crippen LogP contribution in [0.25, 0.3) is 0 Å². The molecule has 0 saturated heterocycles. The first-order valence-corrected chi connectivity index (χ1v) is 5.26. The summed E-state index contributed by atoms with van der Waals surface area (Å²) >= 11 is 0. The lowest BCUT2D eigenvalue weighted by Gasteiger charge is -2.09. The second-order valence-corrected chi connectivity index (χ2v) is 4.13. The van der Waals surface area contributed by atoms with Gasteiger partial charge in [-0.3, -0.25) is 10.0 Å². The predicted molar refractivity (Wildman–Crippen MR) is 55.0 cm³/mol. The fourth-order valence-corrected chi connectivity index (χ4v) is 1.62. The van der Waals surface area contributed by atoms with Gasteiger partial charge in [0.25, 0.3) is 5.91 Å². The Labute approximate surface area is 104 Å². The van der Waals surface area contributed by atoms with Gasteiger partial charge in [0, 0.05) is 12.2 Å². The first-order chi connectivity index (χ1) is 8.82. The number of amides is 1. The van der Waals surface area contributed by atoms with Crippen LogP contribution < -0.4 is 10.8 Å². The second-order valence-electron chi connectivity index (χ2n) is 4.13. The monoisotopic (exact) mass is 279 g/mol. The normalized spacial score (nSPS) is 21.9. The minimum atomic E-state index is -4.31. The highest BCUT2D eigenvalue weighted by atomic mass is 19.4. The van der Waals surface area contributed by atoms with Gasteiger partial charge >= 0.3 is 6.18 Å². The third-order valence-corrected chi connectivity index (χ3v) is 2.74. The van der Waals surface area contributed by atoms with Gasteiger partial charge in [-0.25, -0.2) is 14.9 Å². The number of nitrogens with zero attached hydrogens (tertiary/aromatic N) is 1. The van der Waals surface area contributed by atoms with E-state index in [-0.39, 0.29) is 17.8 Å². The van der Waals surface area contributed by atoms with Crippen LogP contribution in [0.5, 0.6) is 0 Å². The van der Waals surface area contributed by atoms with Gasteiger partial charge in [-0.15, -0.1) is 0 Å². The van der Waals surface area contributed by atoms with Gasteiger partial charge in [0.05, 0.1) is 11.5 Å². The summed E-state index contributed by atoms with van der Waals surface area (Å²) in [7, 11) is 0. The highest BCUT2D eigenvalue weighted by Gasteiger charge is 2.56. The number of hydroxylamine groups is 1. The van der Waals surface area contributed by atoms with Crippen LogP contribution in [0.2, 0.25) is 0 Å². The molecular weight excluding hydrogens is 270 g/mol. The third-order valence-electron chi connectivity index (χ3n) is 2.74. The standard InChI is InChI=1S/C10H9F4N3O2/c11-6-1-4(9(18)17-19)3-15-8(6)16-7-2-5(7)10(12,13)14/h1,3,5,7,19H,2H2,(H,15,16)(H,17,18). The summed E-state index contributed by atoms with van der Waals surface area (Å²) in [6.07, 6.45) is -3.50. The Bertz CT molecular complexity index is 506. The highest BCUT2D eigenvalue weighted by Crippen LogP contribution is 2.46. The molecule has 1 saturated carbocycles. The molecule has 1 heterocycles. The molecule has 0 spiro atoms. The van der Waals surface area contributed by atoms with Crippen molar-refractivity contribution in [2.45, 2.75) is 18.6 Å². The average molecular weight is 279 g/mol. The van der Waals surface area contributed by atoms with Crippen molar-refractivity contribution in [2.75, 3.05) is 5.32 Å². The Morgan fingerprint density at radius 3 is 2.63 bits per heavy atom. The summed E-state index contributed by atoms with van der Waals surface area (Å²) in [6.45, 7) is 0. The van der Waals surface area contributed by atoms with Crippen LogP contribution in [0.3, 0.4) is 0 Å². The maximum Gasteiger partial charge on any atom is 0.393 e. The Morgan fingerprint density at radius 2 is 2.16 bits per heavy atom. The molecule has 1 fully saturated rings. The van der Waals surface area contributed by atoms with Crippen molar-refractivity contribution in [2.24, 2.45) is 5.92 Å². The fourth-order valence-electron chi connectivity index (χ4n) is 1.62. The van der Waals surface area contributed by atoms with Crippen LogP contribution in [0, 0.1) is 11.7 Å². The summed E-state index contributed by atoms with van der Waals surface area (Å²) in [4.78, 5) is 14.5. The van der Waals surface area contributed by atoms with Gasteiger partial charge in [0.1, 0.15) is 0 Å². The van der Waals surface area contributed by atoms with E-state index in [4.69, 9.17) is 5.21 Å². The minimum absolute atomic E-state index is 0.135. The Kier molecular flexibility index (Phi) is 3.31. The van der Waals surface area contributed by atoms with Crippen molar-refractivity contribution in [3.63, 3.8) is 0 Å². The van der Waals surface area contributed by atoms with E-state index >= 15 is 0 Å². The zero-order valence-corrected chi connectivity index (χ0v) is 9.33. The Morgan fingerprint density at radius 1 is 1.47 bits per heavy atom. The summed E-state index contributed by atoms with van der Waals surface area (Å²) in [5.74, 6) is -3.79. The molecule has 5 nitrogen and oxygen atoms in total. The van der Waals surface area contributed by atoms with Crippen molar-refractivity contribution in [1.82, 2.24) is 10.5 Å². The first kappa shape index (κ1) is 13.5. The van der Waals surface area contributed by atoms with E-state index in [2.05, 4.69) is 10.3 Å². The number of rotatable bonds is 3. The number of aromatic nitrogens is 1. The summed E-state index contributed by atoms with van der Waals surface area (Å²) in [6, 6.07) is -0.134. The van der Waals surface area contributed by atoms with Crippen LogP contribution in [0.4, 0.5) is 23.4 Å². The molecule has 0 aromatic carbocycles. The van der Waals surface area contributed by atoms with E-state index < -0.39 is 29.9 Å². The number of hydrogen-bond acceptors (Lipinski definition) is 4. The lowest BCUT2D eigenvalue weighted by atomic mass is 10.2. The number of nitrogens with one attached hydrogen (secondary N) is 2. The van der Waals surface area contributed by atoms with Gasteiger partial charge < -0.3 is 5.32 Å². The lowest BCUT2D eigenvalue weighted by Crippen LogP contribution is -2.20. The van der Waals surface area contributed by atoms with Crippen molar-refractivity contribution >= 4 is 11.7 Å². The van der Waals surface area contributed by atoms with Crippen LogP contribution >= 0.6 is 0 Å². The van der Waals surface area contributed by atoms with E-state index in [9.17, 15) is 22.4 Å². The molecule has 1 amide bonds. The molecule has 2 rings (SSSR count). The number of anilines is 1.